The van der Waals surface area contributed by atoms with Gasteiger partial charge in [-0.2, -0.15) is 0 Å². The van der Waals surface area contributed by atoms with Gasteiger partial charge in [0.1, 0.15) is 28.9 Å². The third-order valence-corrected chi connectivity index (χ3v) is 21.4. The summed E-state index contributed by atoms with van der Waals surface area (Å²) in [4.78, 5) is 94.9. The molecule has 0 radical (unpaired) electrons. The predicted molar refractivity (Wildman–Crippen MR) is 362 cm³/mol. The second kappa shape index (κ2) is 28.8. The molecular weight excluding hydrogens is 1240 g/mol. The van der Waals surface area contributed by atoms with Crippen molar-refractivity contribution in [3.05, 3.63) is 146 Å². The Hall–Kier alpha value is -8.22. The number of sulfonamides is 1. The summed E-state index contributed by atoms with van der Waals surface area (Å²) in [6, 6.07) is 25.2. The number of carbonyl (C=O) groups excluding carboxylic acids is 5. The largest absolute Gasteiger partial charge is 0.455 e. The summed E-state index contributed by atoms with van der Waals surface area (Å²) in [7, 11) is -4.62. The summed E-state index contributed by atoms with van der Waals surface area (Å²) in [5.74, 6) is -2.30. The third-order valence-electron chi connectivity index (χ3n) is 19.8. The Bertz CT molecular complexity index is 3980. The van der Waals surface area contributed by atoms with E-state index in [1.54, 1.807) is 48.7 Å². The number of nitrogens with one attached hydrogen (secondary N) is 5. The van der Waals surface area contributed by atoms with E-state index in [-0.39, 0.29) is 52.3 Å². The standard InChI is InChI=1S/C70H83ClN12O10S/c1-70(2)27-21-49(57(42-70)47-11-13-50(71)14-12-47)45-79-35-37-81(38-36-79)52-15-17-55(62(40-52)93-53-39-48-22-29-73-65(48)75-44-53)66(85)77-94(91,92)54-16-18-58(61(41-54)83(89)90)74-43-46-23-33-80(34-24-46)51-25-31-78(32-26-51)30-7-5-3-4-6-28-72-59-10-8-9-56-64(59)69(88)82(68(56)87)60-19-20-63(84)76-67(60)86/h8-18,22,29,39-41,44,46,51,60,72,74H,3-7,19-21,23-28,30-38,42-43,45H2,1-2H3,(H,73,75)(H,77,85)(H,76,84,86). The van der Waals surface area contributed by atoms with Gasteiger partial charge in [0.2, 0.25) is 11.8 Å². The number of benzene rings is 4. The normalized spacial score (nSPS) is 19.6. The monoisotopic (exact) mass is 1320 g/mol. The molecule has 1 atom stereocenters. The predicted octanol–water partition coefficient (Wildman–Crippen LogP) is 10.9. The summed E-state index contributed by atoms with van der Waals surface area (Å²) in [5.41, 5.74) is 6.60. The number of piperidine rings is 3. The quantitative estimate of drug-likeness (QED) is 0.0163. The van der Waals surface area contributed by atoms with Crippen molar-refractivity contribution >= 4 is 90.5 Å². The first-order valence-electron chi connectivity index (χ1n) is 33.2. The van der Waals surface area contributed by atoms with Crippen molar-refractivity contribution in [2.45, 2.75) is 121 Å². The fraction of sp³-hybridized carbons (Fsp3) is 0.457. The topological polar surface area (TPSA) is 265 Å². The molecule has 94 heavy (non-hydrogen) atoms. The number of amides is 5. The number of likely N-dealkylation sites (tertiary alicyclic amines) is 2. The Morgan fingerprint density at radius 2 is 1.56 bits per heavy atom. The number of aromatic amines is 1. The fourth-order valence-electron chi connectivity index (χ4n) is 14.4. The van der Waals surface area contributed by atoms with Crippen LogP contribution in [-0.2, 0) is 19.6 Å². The first-order valence-corrected chi connectivity index (χ1v) is 35.0. The van der Waals surface area contributed by atoms with Crippen LogP contribution in [0.5, 0.6) is 11.5 Å². The number of allylic oxidation sites excluding steroid dienone is 1. The van der Waals surface area contributed by atoms with Gasteiger partial charge in [-0.25, -0.2) is 18.1 Å². The summed E-state index contributed by atoms with van der Waals surface area (Å²) in [5, 5.41) is 22.9. The summed E-state index contributed by atoms with van der Waals surface area (Å²) < 4.78 is 36.6. The van der Waals surface area contributed by atoms with Crippen molar-refractivity contribution in [3.8, 4) is 11.5 Å². The Labute approximate surface area is 553 Å². The van der Waals surface area contributed by atoms with Crippen LogP contribution in [-0.4, -0.2) is 163 Å². The molecule has 1 unspecified atom stereocenters. The first-order chi connectivity index (χ1) is 45.3. The van der Waals surface area contributed by atoms with Gasteiger partial charge < -0.3 is 35.1 Å². The van der Waals surface area contributed by atoms with E-state index in [2.05, 4.69) is 76.2 Å². The highest BCUT2D eigenvalue weighted by atomic mass is 35.5. The molecule has 4 aromatic carbocycles. The number of halogens is 1. The maximum Gasteiger partial charge on any atom is 0.293 e. The number of nitrogens with zero attached hydrogens (tertiary/aromatic N) is 7. The zero-order valence-electron chi connectivity index (χ0n) is 53.4. The van der Waals surface area contributed by atoms with E-state index in [0.29, 0.717) is 49.3 Å². The lowest BCUT2D eigenvalue weighted by atomic mass is 9.72. The van der Waals surface area contributed by atoms with E-state index < -0.39 is 61.1 Å². The molecular formula is C70H83ClN12O10S. The van der Waals surface area contributed by atoms with Gasteiger partial charge in [0, 0.05) is 98.4 Å². The lowest BCUT2D eigenvalue weighted by Gasteiger charge is -2.42. The molecule has 6 aromatic rings. The molecule has 2 aromatic heterocycles. The number of unbranched alkanes of at least 4 members (excludes halogenated alkanes) is 4. The van der Waals surface area contributed by atoms with Crippen LogP contribution in [0.1, 0.15) is 140 Å². The average Bonchev–Trinajstić information content (AvgIpc) is 1.58. The van der Waals surface area contributed by atoms with Gasteiger partial charge >= 0.3 is 0 Å². The molecule has 4 fully saturated rings. The highest BCUT2D eigenvalue weighted by Gasteiger charge is 2.46. The molecule has 5 aliphatic heterocycles. The third kappa shape index (κ3) is 15.3. The number of fused-ring (bicyclic) bond motifs is 2. The Morgan fingerprint density at radius 3 is 2.33 bits per heavy atom. The minimum absolute atomic E-state index is 0.0465. The van der Waals surface area contributed by atoms with Crippen LogP contribution in [0.3, 0.4) is 0 Å². The van der Waals surface area contributed by atoms with Crippen LogP contribution in [0.15, 0.2) is 114 Å². The number of pyridine rings is 1. The number of ether oxygens (including phenoxy) is 1. The molecule has 5 amide bonds. The van der Waals surface area contributed by atoms with Crippen LogP contribution in [0.25, 0.3) is 16.6 Å². The lowest BCUT2D eigenvalue weighted by molar-refractivity contribution is -0.384. The van der Waals surface area contributed by atoms with E-state index >= 15 is 0 Å². The number of nitro benzene ring substituents is 1. The molecule has 0 bridgehead atoms. The number of anilines is 3. The minimum atomic E-state index is -4.62. The molecule has 5 N–H and O–H groups in total. The molecule has 496 valence electrons. The number of carbonyl (C=O) groups is 5. The van der Waals surface area contributed by atoms with Crippen LogP contribution in [0.4, 0.5) is 22.7 Å². The van der Waals surface area contributed by atoms with E-state index in [9.17, 15) is 42.5 Å². The van der Waals surface area contributed by atoms with Crippen LogP contribution < -0.4 is 30.3 Å². The molecule has 0 saturated carbocycles. The summed E-state index contributed by atoms with van der Waals surface area (Å²) in [6.07, 6.45) is 15.9. The van der Waals surface area contributed by atoms with E-state index in [4.69, 9.17) is 16.3 Å². The number of aromatic nitrogens is 2. The fourth-order valence-corrected chi connectivity index (χ4v) is 15.5. The zero-order valence-corrected chi connectivity index (χ0v) is 55.0. The van der Waals surface area contributed by atoms with Crippen LogP contribution in [0.2, 0.25) is 5.02 Å². The smallest absolute Gasteiger partial charge is 0.293 e. The van der Waals surface area contributed by atoms with E-state index in [1.165, 1.54) is 35.0 Å². The molecule has 7 heterocycles. The van der Waals surface area contributed by atoms with Gasteiger partial charge in [-0.15, -0.1) is 0 Å². The molecule has 4 saturated heterocycles. The first kappa shape index (κ1) is 65.8. The van der Waals surface area contributed by atoms with Gasteiger partial charge in [-0.05, 0) is 180 Å². The number of nitro groups is 1. The Kier molecular flexibility index (Phi) is 20.2. The van der Waals surface area contributed by atoms with Crippen LogP contribution >= 0.6 is 11.6 Å². The molecule has 22 nitrogen and oxygen atoms in total. The number of rotatable bonds is 24. The second-order valence-corrected chi connectivity index (χ2v) is 28.9. The molecule has 0 spiro atoms. The summed E-state index contributed by atoms with van der Waals surface area (Å²) in [6.45, 7) is 14.7. The number of hydrogen-bond acceptors (Lipinski definition) is 17. The van der Waals surface area contributed by atoms with Gasteiger partial charge in [-0.3, -0.25) is 49.2 Å². The van der Waals surface area contributed by atoms with Crippen molar-refractivity contribution in [2.75, 3.05) is 94.1 Å². The van der Waals surface area contributed by atoms with Gasteiger partial charge in [0.25, 0.3) is 33.4 Å². The van der Waals surface area contributed by atoms with Crippen molar-refractivity contribution in [3.63, 3.8) is 0 Å². The number of H-pyrrole nitrogens is 1. The Balaban J connectivity index is 0.586. The number of hydrogen-bond donors (Lipinski definition) is 5. The van der Waals surface area contributed by atoms with Gasteiger partial charge in [0.15, 0.2) is 0 Å². The minimum Gasteiger partial charge on any atom is -0.455 e. The van der Waals surface area contributed by atoms with Crippen molar-refractivity contribution in [2.24, 2.45) is 11.3 Å². The Morgan fingerprint density at radius 1 is 0.798 bits per heavy atom. The number of piperazine rings is 1. The highest BCUT2D eigenvalue weighted by molar-refractivity contribution is 7.90. The number of imide groups is 2. The maximum atomic E-state index is 14.2. The van der Waals surface area contributed by atoms with Crippen molar-refractivity contribution in [1.82, 2.24) is 39.6 Å². The lowest BCUT2D eigenvalue weighted by Crippen LogP contribution is -2.54. The SMILES string of the molecule is CC1(C)CCC(CN2CCN(c3ccc(C(=O)NS(=O)(=O)c4ccc(NCC5CCN(C6CCN(CCCCCCCNc7cccc8c7C(=O)N(C7CCC(=O)NC7=O)C8=O)CC6)CC5)c([N+](=O)[O-])c4)c(Oc4cnc5[nH]ccc5c4)c3)CC2)=C(c2ccc(Cl)cc2)C1. The van der Waals surface area contributed by atoms with Crippen molar-refractivity contribution < 1.29 is 42.1 Å². The average molecular weight is 1320 g/mol. The van der Waals surface area contributed by atoms with Gasteiger partial charge in [-0.1, -0.05) is 68.5 Å². The van der Waals surface area contributed by atoms with E-state index in [1.807, 2.05) is 18.2 Å². The maximum absolute atomic E-state index is 14.2. The van der Waals surface area contributed by atoms with E-state index in [0.717, 1.165) is 156 Å². The van der Waals surface area contributed by atoms with Crippen LogP contribution in [0, 0.1) is 21.4 Å². The molecule has 12 rings (SSSR count). The highest BCUT2D eigenvalue weighted by Crippen LogP contribution is 2.44. The summed E-state index contributed by atoms with van der Waals surface area (Å²) >= 11 is 6.28. The molecule has 1 aliphatic carbocycles. The second-order valence-electron chi connectivity index (χ2n) is 26.7. The molecule has 6 aliphatic rings. The van der Waals surface area contributed by atoms with Crippen molar-refractivity contribution in [1.29, 1.82) is 0 Å². The molecule has 24 heteroatoms. The van der Waals surface area contributed by atoms with Gasteiger partial charge in [0.05, 0.1) is 32.7 Å². The zero-order chi connectivity index (χ0) is 65.7.